The number of nitrogens with one attached hydrogen (secondary N) is 1. The highest BCUT2D eigenvalue weighted by Crippen LogP contribution is 1.96. The van der Waals surface area contributed by atoms with Crippen molar-refractivity contribution in [2.45, 2.75) is 25.8 Å². The number of aliphatic carboxylic acids is 1. The fraction of sp³-hybridized carbons (Fsp3) is 0.400. The Labute approximate surface area is 83.3 Å². The van der Waals surface area contributed by atoms with Gasteiger partial charge >= 0.3 is 5.97 Å². The van der Waals surface area contributed by atoms with Gasteiger partial charge in [-0.25, -0.2) is 4.79 Å². The van der Waals surface area contributed by atoms with Crippen LogP contribution in [0.1, 0.15) is 19.8 Å². The van der Waals surface area contributed by atoms with E-state index in [9.17, 15) is 9.59 Å². The van der Waals surface area contributed by atoms with Crippen LogP contribution in [0.15, 0.2) is 24.8 Å². The summed E-state index contributed by atoms with van der Waals surface area (Å²) in [4.78, 5) is 21.3. The van der Waals surface area contributed by atoms with E-state index in [-0.39, 0.29) is 5.91 Å². The second kappa shape index (κ2) is 6.88. The highest BCUT2D eigenvalue weighted by molar-refractivity contribution is 5.82. The first-order valence-electron chi connectivity index (χ1n) is 4.33. The molecule has 0 radical (unpaired) electrons. The minimum atomic E-state index is -1.02. The number of hydrogen-bond donors (Lipinski definition) is 2. The Morgan fingerprint density at radius 2 is 2.14 bits per heavy atom. The molecule has 4 nitrogen and oxygen atoms in total. The lowest BCUT2D eigenvalue weighted by atomic mass is 10.2. The number of rotatable bonds is 6. The molecular formula is C10H15NO3. The second-order valence-electron chi connectivity index (χ2n) is 2.82. The molecule has 4 heteroatoms. The summed E-state index contributed by atoms with van der Waals surface area (Å²) in [6.45, 7) is 4.82. The lowest BCUT2D eigenvalue weighted by molar-refractivity contribution is -0.141. The Morgan fingerprint density at radius 1 is 1.50 bits per heavy atom. The smallest absolute Gasteiger partial charge is 0.326 e. The molecule has 0 rings (SSSR count). The molecule has 78 valence electrons. The number of hydrogen-bond acceptors (Lipinski definition) is 2. The van der Waals surface area contributed by atoms with Crippen molar-refractivity contribution in [2.24, 2.45) is 0 Å². The van der Waals surface area contributed by atoms with Crippen LogP contribution in [0.25, 0.3) is 0 Å². The molecule has 0 aliphatic carbocycles. The fourth-order valence-corrected chi connectivity index (χ4v) is 0.892. The third kappa shape index (κ3) is 5.99. The summed E-state index contributed by atoms with van der Waals surface area (Å²) >= 11 is 0. The molecule has 0 fully saturated rings. The first kappa shape index (κ1) is 12.4. The zero-order valence-electron chi connectivity index (χ0n) is 8.19. The molecule has 0 spiro atoms. The molecule has 0 heterocycles. The van der Waals surface area contributed by atoms with Gasteiger partial charge in [-0.3, -0.25) is 4.79 Å². The molecule has 2 N–H and O–H groups in total. The molecule has 0 bridgehead atoms. The Kier molecular flexibility index (Phi) is 6.11. The van der Waals surface area contributed by atoms with Crippen LogP contribution in [0.4, 0.5) is 0 Å². The Hall–Kier alpha value is -1.58. The maximum atomic E-state index is 10.6. The van der Waals surface area contributed by atoms with Crippen molar-refractivity contribution in [2.75, 3.05) is 0 Å². The van der Waals surface area contributed by atoms with Crippen LogP contribution < -0.4 is 5.32 Å². The van der Waals surface area contributed by atoms with Crippen LogP contribution in [0.3, 0.4) is 0 Å². The predicted molar refractivity (Wildman–Crippen MR) is 53.8 cm³/mol. The number of carboxylic acids is 1. The van der Waals surface area contributed by atoms with Crippen LogP contribution in [-0.4, -0.2) is 23.0 Å². The van der Waals surface area contributed by atoms with Crippen LogP contribution in [0.5, 0.6) is 0 Å². The Bertz CT molecular complexity index is 246. The monoisotopic (exact) mass is 197 g/mol. The molecule has 1 amide bonds. The van der Waals surface area contributed by atoms with Gasteiger partial charge in [-0.05, 0) is 12.8 Å². The van der Waals surface area contributed by atoms with Gasteiger partial charge in [-0.2, -0.15) is 0 Å². The number of amides is 1. The average molecular weight is 197 g/mol. The van der Waals surface area contributed by atoms with Crippen LogP contribution in [0, 0.1) is 0 Å². The van der Waals surface area contributed by atoms with Gasteiger partial charge in [0, 0.05) is 6.92 Å². The number of carbonyl (C=O) groups is 2. The summed E-state index contributed by atoms with van der Waals surface area (Å²) in [7, 11) is 0. The van der Waals surface area contributed by atoms with Gasteiger partial charge in [-0.15, -0.1) is 6.58 Å². The molecule has 0 aliphatic rings. The topological polar surface area (TPSA) is 66.4 Å². The van der Waals surface area contributed by atoms with Crippen LogP contribution in [-0.2, 0) is 9.59 Å². The molecule has 1 atom stereocenters. The highest BCUT2D eigenvalue weighted by atomic mass is 16.4. The second-order valence-corrected chi connectivity index (χ2v) is 2.82. The first-order valence-corrected chi connectivity index (χ1v) is 4.33. The van der Waals surface area contributed by atoms with E-state index in [1.54, 1.807) is 12.2 Å². The largest absolute Gasteiger partial charge is 0.480 e. The van der Waals surface area contributed by atoms with Crippen molar-refractivity contribution in [3.63, 3.8) is 0 Å². The summed E-state index contributed by atoms with van der Waals surface area (Å²) in [6, 6.07) is -0.839. The van der Waals surface area contributed by atoms with E-state index in [0.717, 1.165) is 0 Å². The molecule has 0 aliphatic heterocycles. The molecule has 0 aromatic carbocycles. The molecular weight excluding hydrogens is 182 g/mol. The summed E-state index contributed by atoms with van der Waals surface area (Å²) < 4.78 is 0. The van der Waals surface area contributed by atoms with Gasteiger partial charge < -0.3 is 10.4 Å². The van der Waals surface area contributed by atoms with Crippen molar-refractivity contribution < 1.29 is 14.7 Å². The Balaban J connectivity index is 4.03. The van der Waals surface area contributed by atoms with E-state index in [1.807, 2.05) is 6.08 Å². The van der Waals surface area contributed by atoms with E-state index in [2.05, 4.69) is 11.9 Å². The van der Waals surface area contributed by atoms with Crippen LogP contribution >= 0.6 is 0 Å². The molecule has 0 unspecified atom stereocenters. The van der Waals surface area contributed by atoms with Crippen molar-refractivity contribution in [1.29, 1.82) is 0 Å². The zero-order chi connectivity index (χ0) is 11.0. The lowest BCUT2D eigenvalue weighted by Gasteiger charge is -2.09. The van der Waals surface area contributed by atoms with Gasteiger partial charge in [0.1, 0.15) is 6.04 Å². The summed E-state index contributed by atoms with van der Waals surface area (Å²) in [5, 5.41) is 11.1. The first-order chi connectivity index (χ1) is 6.57. The van der Waals surface area contributed by atoms with Crippen LogP contribution in [0.2, 0.25) is 0 Å². The van der Waals surface area contributed by atoms with Gasteiger partial charge in [0.05, 0.1) is 0 Å². The number of allylic oxidation sites excluding steroid dienone is 2. The lowest BCUT2D eigenvalue weighted by Crippen LogP contribution is -2.39. The van der Waals surface area contributed by atoms with Gasteiger partial charge in [0.25, 0.3) is 0 Å². The SMILES string of the molecule is C=CC/C=C/C[C@@H](NC(C)=O)C(=O)O. The number of carboxylic acid groups (broad SMARTS) is 1. The minimum Gasteiger partial charge on any atom is -0.480 e. The third-order valence-electron chi connectivity index (χ3n) is 1.52. The van der Waals surface area contributed by atoms with E-state index < -0.39 is 12.0 Å². The molecule has 14 heavy (non-hydrogen) atoms. The minimum absolute atomic E-state index is 0.294. The summed E-state index contributed by atoms with van der Waals surface area (Å²) in [5.41, 5.74) is 0. The van der Waals surface area contributed by atoms with E-state index >= 15 is 0 Å². The van der Waals surface area contributed by atoms with E-state index in [4.69, 9.17) is 5.11 Å². The molecule has 0 aromatic rings. The van der Waals surface area contributed by atoms with Crippen molar-refractivity contribution in [1.82, 2.24) is 5.32 Å². The quantitative estimate of drug-likeness (QED) is 0.626. The summed E-state index contributed by atoms with van der Waals surface area (Å²) in [5.74, 6) is -1.36. The van der Waals surface area contributed by atoms with Gasteiger partial charge in [0.15, 0.2) is 0 Å². The van der Waals surface area contributed by atoms with Crippen molar-refractivity contribution >= 4 is 11.9 Å². The summed E-state index contributed by atoms with van der Waals surface area (Å²) in [6.07, 6.45) is 6.24. The Morgan fingerprint density at radius 3 is 2.57 bits per heavy atom. The van der Waals surface area contributed by atoms with Crippen molar-refractivity contribution in [3.8, 4) is 0 Å². The zero-order valence-corrected chi connectivity index (χ0v) is 8.19. The van der Waals surface area contributed by atoms with E-state index in [0.29, 0.717) is 12.8 Å². The molecule has 0 saturated heterocycles. The van der Waals surface area contributed by atoms with Crippen molar-refractivity contribution in [3.05, 3.63) is 24.8 Å². The van der Waals surface area contributed by atoms with Gasteiger partial charge in [-0.1, -0.05) is 18.2 Å². The third-order valence-corrected chi connectivity index (χ3v) is 1.52. The number of carbonyl (C=O) groups excluding carboxylic acids is 1. The van der Waals surface area contributed by atoms with Gasteiger partial charge in [0.2, 0.25) is 5.91 Å². The highest BCUT2D eigenvalue weighted by Gasteiger charge is 2.15. The maximum Gasteiger partial charge on any atom is 0.326 e. The fourth-order valence-electron chi connectivity index (χ4n) is 0.892. The normalized spacial score (nSPS) is 12.4. The predicted octanol–water partition coefficient (Wildman–Crippen LogP) is 1.10. The molecule has 0 aromatic heterocycles. The standard InChI is InChI=1S/C10H15NO3/c1-3-4-5-6-7-9(10(13)14)11-8(2)12/h3,5-6,9H,1,4,7H2,2H3,(H,11,12)(H,13,14)/b6-5+/t9-/m1/s1. The molecule has 0 saturated carbocycles. The maximum absolute atomic E-state index is 10.6. The average Bonchev–Trinajstić information content (AvgIpc) is 2.09. The van der Waals surface area contributed by atoms with E-state index in [1.165, 1.54) is 6.92 Å².